The Morgan fingerprint density at radius 3 is 2.65 bits per heavy atom. The van der Waals surface area contributed by atoms with Crippen LogP contribution in [0.15, 0.2) is 16.7 Å². The predicted molar refractivity (Wildman–Crippen MR) is 64.8 cm³/mol. The maximum Gasteiger partial charge on any atom is 0.355 e. The molecule has 94 valence electrons. The molecule has 1 heterocycles. The first-order chi connectivity index (χ1) is 7.95. The zero-order valence-electron chi connectivity index (χ0n) is 9.90. The quantitative estimate of drug-likeness (QED) is 0.800. The molecule has 5 nitrogen and oxygen atoms in total. The third-order valence-corrected chi connectivity index (χ3v) is 2.56. The minimum atomic E-state index is -0.583. The third-order valence-electron chi connectivity index (χ3n) is 2.13. The van der Waals surface area contributed by atoms with Gasteiger partial charge >= 0.3 is 11.9 Å². The number of carbonyl (C=O) groups excluding carboxylic acids is 2. The van der Waals surface area contributed by atoms with Gasteiger partial charge in [-0.05, 0) is 35.8 Å². The van der Waals surface area contributed by atoms with Crippen molar-refractivity contribution in [3.63, 3.8) is 0 Å². The lowest BCUT2D eigenvalue weighted by molar-refractivity contribution is -0.144. The van der Waals surface area contributed by atoms with E-state index in [-0.39, 0.29) is 12.6 Å². The van der Waals surface area contributed by atoms with E-state index in [0.717, 1.165) is 4.47 Å². The Morgan fingerprint density at radius 1 is 1.47 bits per heavy atom. The molecule has 0 radical (unpaired) electrons. The van der Waals surface area contributed by atoms with Gasteiger partial charge in [0.15, 0.2) is 6.61 Å². The van der Waals surface area contributed by atoms with Crippen molar-refractivity contribution in [1.29, 1.82) is 0 Å². The molecule has 0 aliphatic carbocycles. The summed E-state index contributed by atoms with van der Waals surface area (Å²) >= 11 is 3.29. The molecule has 0 aromatic carbocycles. The van der Waals surface area contributed by atoms with Crippen molar-refractivity contribution in [3.05, 3.63) is 22.4 Å². The van der Waals surface area contributed by atoms with Gasteiger partial charge in [0.05, 0.1) is 7.11 Å². The fourth-order valence-electron chi connectivity index (χ4n) is 1.29. The number of halogens is 1. The summed E-state index contributed by atoms with van der Waals surface area (Å²) in [6.45, 7) is 3.52. The molecule has 6 heteroatoms. The first-order valence-corrected chi connectivity index (χ1v) is 5.86. The number of methoxy groups -OCH3 is 1. The van der Waals surface area contributed by atoms with Gasteiger partial charge in [0.25, 0.3) is 0 Å². The molecule has 0 bridgehead atoms. The topological polar surface area (TPSA) is 57.5 Å². The SMILES string of the molecule is COC(=O)COC(=O)c1cc(Br)cn1C(C)C. The highest BCUT2D eigenvalue weighted by Crippen LogP contribution is 2.20. The van der Waals surface area contributed by atoms with Gasteiger partial charge in [0.2, 0.25) is 0 Å². The zero-order chi connectivity index (χ0) is 13.0. The average molecular weight is 304 g/mol. The summed E-state index contributed by atoms with van der Waals surface area (Å²) in [7, 11) is 1.24. The number of nitrogens with zero attached hydrogens (tertiary/aromatic N) is 1. The third kappa shape index (κ3) is 3.59. The number of carbonyl (C=O) groups is 2. The van der Waals surface area contributed by atoms with Gasteiger partial charge < -0.3 is 14.0 Å². The molecule has 0 saturated heterocycles. The molecule has 0 amide bonds. The molecular weight excluding hydrogens is 290 g/mol. The van der Waals surface area contributed by atoms with Gasteiger partial charge in [-0.1, -0.05) is 0 Å². The van der Waals surface area contributed by atoms with Crippen LogP contribution in [0.3, 0.4) is 0 Å². The van der Waals surface area contributed by atoms with E-state index in [1.54, 1.807) is 16.8 Å². The highest BCUT2D eigenvalue weighted by Gasteiger charge is 2.17. The van der Waals surface area contributed by atoms with Gasteiger partial charge in [0, 0.05) is 16.7 Å². The first kappa shape index (κ1) is 13.8. The van der Waals surface area contributed by atoms with Crippen molar-refractivity contribution < 1.29 is 19.1 Å². The number of ether oxygens (including phenoxy) is 2. The zero-order valence-corrected chi connectivity index (χ0v) is 11.5. The molecule has 0 spiro atoms. The molecule has 1 rings (SSSR count). The number of esters is 2. The van der Waals surface area contributed by atoms with Crippen LogP contribution in [0.25, 0.3) is 0 Å². The van der Waals surface area contributed by atoms with Crippen LogP contribution in [0.5, 0.6) is 0 Å². The second kappa shape index (κ2) is 5.86. The monoisotopic (exact) mass is 303 g/mol. The predicted octanol–water partition coefficient (Wildman–Crippen LogP) is 2.16. The van der Waals surface area contributed by atoms with Crippen molar-refractivity contribution in [2.24, 2.45) is 0 Å². The van der Waals surface area contributed by atoms with E-state index in [4.69, 9.17) is 4.74 Å². The van der Waals surface area contributed by atoms with Crippen LogP contribution in [0.2, 0.25) is 0 Å². The molecule has 17 heavy (non-hydrogen) atoms. The lowest BCUT2D eigenvalue weighted by Crippen LogP contribution is -2.18. The fraction of sp³-hybridized carbons (Fsp3) is 0.455. The van der Waals surface area contributed by atoms with Crippen LogP contribution in [0, 0.1) is 0 Å². The Morgan fingerprint density at radius 2 is 2.12 bits per heavy atom. The van der Waals surface area contributed by atoms with Gasteiger partial charge in [0.1, 0.15) is 5.69 Å². The summed E-state index contributed by atoms with van der Waals surface area (Å²) < 4.78 is 11.8. The molecule has 1 aromatic rings. The summed E-state index contributed by atoms with van der Waals surface area (Å²) in [4.78, 5) is 22.6. The Labute approximate surface area is 108 Å². The molecule has 0 atom stereocenters. The molecule has 0 fully saturated rings. The van der Waals surface area contributed by atoms with Gasteiger partial charge in [-0.2, -0.15) is 0 Å². The molecule has 0 unspecified atom stereocenters. The Hall–Kier alpha value is -1.30. The highest BCUT2D eigenvalue weighted by molar-refractivity contribution is 9.10. The number of hydrogen-bond donors (Lipinski definition) is 0. The Bertz CT molecular complexity index is 425. The molecule has 0 saturated carbocycles. The van der Waals surface area contributed by atoms with Gasteiger partial charge in [-0.15, -0.1) is 0 Å². The Kier molecular flexibility index (Phi) is 4.74. The summed E-state index contributed by atoms with van der Waals surface area (Å²) in [5, 5.41) is 0. The summed E-state index contributed by atoms with van der Waals surface area (Å²) in [5.74, 6) is -1.13. The molecule has 0 N–H and O–H groups in total. The lowest BCUT2D eigenvalue weighted by Gasteiger charge is -2.11. The maximum atomic E-state index is 11.7. The average Bonchev–Trinajstić information content (AvgIpc) is 2.67. The van der Waals surface area contributed by atoms with E-state index in [9.17, 15) is 9.59 Å². The van der Waals surface area contributed by atoms with E-state index in [1.807, 2.05) is 13.8 Å². The maximum absolute atomic E-state index is 11.7. The molecule has 0 aliphatic heterocycles. The van der Waals surface area contributed by atoms with E-state index < -0.39 is 11.9 Å². The standard InChI is InChI=1S/C11H14BrNO4/c1-7(2)13-5-8(12)4-9(13)11(15)17-6-10(14)16-3/h4-5,7H,6H2,1-3H3. The van der Waals surface area contributed by atoms with Crippen molar-refractivity contribution >= 4 is 27.9 Å². The highest BCUT2D eigenvalue weighted by atomic mass is 79.9. The number of hydrogen-bond acceptors (Lipinski definition) is 4. The van der Waals surface area contributed by atoms with E-state index in [0.29, 0.717) is 5.69 Å². The van der Waals surface area contributed by atoms with E-state index in [2.05, 4.69) is 20.7 Å². The van der Waals surface area contributed by atoms with Crippen LogP contribution in [-0.4, -0.2) is 30.2 Å². The van der Waals surface area contributed by atoms with Crippen LogP contribution < -0.4 is 0 Å². The minimum Gasteiger partial charge on any atom is -0.466 e. The minimum absolute atomic E-state index is 0.127. The van der Waals surface area contributed by atoms with Crippen molar-refractivity contribution in [3.8, 4) is 0 Å². The number of aromatic nitrogens is 1. The van der Waals surface area contributed by atoms with Crippen LogP contribution in [-0.2, 0) is 14.3 Å². The van der Waals surface area contributed by atoms with Crippen molar-refractivity contribution in [1.82, 2.24) is 4.57 Å². The fourth-order valence-corrected chi connectivity index (χ4v) is 1.73. The number of rotatable bonds is 4. The van der Waals surface area contributed by atoms with Crippen LogP contribution >= 0.6 is 15.9 Å². The van der Waals surface area contributed by atoms with E-state index in [1.165, 1.54) is 7.11 Å². The molecular formula is C11H14BrNO4. The van der Waals surface area contributed by atoms with Crippen LogP contribution in [0.4, 0.5) is 0 Å². The first-order valence-electron chi connectivity index (χ1n) is 5.07. The molecule has 0 aliphatic rings. The van der Waals surface area contributed by atoms with Crippen molar-refractivity contribution in [2.45, 2.75) is 19.9 Å². The largest absolute Gasteiger partial charge is 0.466 e. The summed E-state index contributed by atoms with van der Waals surface area (Å²) in [6, 6.07) is 1.78. The van der Waals surface area contributed by atoms with Gasteiger partial charge in [-0.25, -0.2) is 9.59 Å². The Balaban J connectivity index is 2.78. The lowest BCUT2D eigenvalue weighted by atomic mass is 10.3. The van der Waals surface area contributed by atoms with Crippen LogP contribution in [0.1, 0.15) is 30.4 Å². The normalized spacial score (nSPS) is 10.4. The summed E-state index contributed by atoms with van der Waals surface area (Å²) in [5.41, 5.74) is 0.399. The second-order valence-corrected chi connectivity index (χ2v) is 4.61. The smallest absolute Gasteiger partial charge is 0.355 e. The summed E-state index contributed by atoms with van der Waals surface area (Å²) in [6.07, 6.45) is 1.79. The second-order valence-electron chi connectivity index (χ2n) is 3.70. The molecule has 1 aromatic heterocycles. The van der Waals surface area contributed by atoms with Crippen molar-refractivity contribution in [2.75, 3.05) is 13.7 Å². The van der Waals surface area contributed by atoms with E-state index >= 15 is 0 Å². The van der Waals surface area contributed by atoms with Gasteiger partial charge in [-0.3, -0.25) is 0 Å².